The quantitative estimate of drug-likeness (QED) is 0.342. The Kier molecular flexibility index (Phi) is 5.17. The molecule has 114 valence electrons. The van der Waals surface area contributed by atoms with Crippen LogP contribution in [-0.2, 0) is 19.2 Å². The summed E-state index contributed by atoms with van der Waals surface area (Å²) in [4.78, 5) is 46.6. The topological polar surface area (TPSA) is 161 Å². The van der Waals surface area contributed by atoms with Crippen LogP contribution in [0.3, 0.4) is 0 Å². The molecule has 0 heterocycles. The van der Waals surface area contributed by atoms with Crippen molar-refractivity contribution in [3.63, 3.8) is 0 Å². The van der Waals surface area contributed by atoms with Gasteiger partial charge in [-0.15, -0.1) is 0 Å². The van der Waals surface area contributed by atoms with Crippen molar-refractivity contribution in [3.8, 4) is 0 Å². The summed E-state index contributed by atoms with van der Waals surface area (Å²) in [7, 11) is 0. The fraction of sp³-hybridized carbons (Fsp3) is 0.667. The zero-order valence-electron chi connectivity index (χ0n) is 11.8. The van der Waals surface area contributed by atoms with E-state index in [0.29, 0.717) is 0 Å². The lowest BCUT2D eigenvalue weighted by atomic mass is 9.74. The van der Waals surface area contributed by atoms with Gasteiger partial charge in [-0.05, 0) is 11.8 Å². The minimum Gasteiger partial charge on any atom is -0.480 e. The van der Waals surface area contributed by atoms with Crippen LogP contribution in [0, 0.1) is 11.8 Å². The monoisotopic (exact) mass is 288 g/mol. The smallest absolute Gasteiger partial charge is 0.332 e. The lowest BCUT2D eigenvalue weighted by Gasteiger charge is -2.32. The SMILES string of the molecule is CC(C)C(N)(C(=O)O)C(=O)C(=O)C(N)(C(=O)O)C(C)C. The highest BCUT2D eigenvalue weighted by atomic mass is 16.4. The molecule has 20 heavy (non-hydrogen) atoms. The number of aliphatic carboxylic acids is 2. The predicted molar refractivity (Wildman–Crippen MR) is 68.8 cm³/mol. The summed E-state index contributed by atoms with van der Waals surface area (Å²) in [6.45, 7) is 5.36. The first-order chi connectivity index (χ1) is 8.84. The molecule has 0 aliphatic heterocycles. The van der Waals surface area contributed by atoms with Crippen LogP contribution in [0.25, 0.3) is 0 Å². The zero-order valence-corrected chi connectivity index (χ0v) is 11.8. The van der Waals surface area contributed by atoms with Crippen molar-refractivity contribution in [1.29, 1.82) is 0 Å². The third kappa shape index (κ3) is 2.56. The molecule has 8 heteroatoms. The van der Waals surface area contributed by atoms with E-state index in [0.717, 1.165) is 0 Å². The summed E-state index contributed by atoms with van der Waals surface area (Å²) < 4.78 is 0. The molecule has 0 saturated heterocycles. The van der Waals surface area contributed by atoms with Gasteiger partial charge >= 0.3 is 11.9 Å². The molecule has 0 bridgehead atoms. The summed E-state index contributed by atoms with van der Waals surface area (Å²) in [6, 6.07) is 0. The van der Waals surface area contributed by atoms with Gasteiger partial charge in [0.1, 0.15) is 0 Å². The molecule has 0 saturated carbocycles. The molecular formula is C12H20N2O6. The van der Waals surface area contributed by atoms with Crippen molar-refractivity contribution in [2.24, 2.45) is 23.3 Å². The molecule has 0 fully saturated rings. The Morgan fingerprint density at radius 3 is 1.05 bits per heavy atom. The Morgan fingerprint density at radius 1 is 0.750 bits per heavy atom. The molecule has 0 aromatic heterocycles. The summed E-state index contributed by atoms with van der Waals surface area (Å²) in [5.41, 5.74) is 6.00. The first-order valence-electron chi connectivity index (χ1n) is 5.98. The summed E-state index contributed by atoms with van der Waals surface area (Å²) >= 11 is 0. The Hall–Kier alpha value is -1.80. The summed E-state index contributed by atoms with van der Waals surface area (Å²) in [5, 5.41) is 18.2. The van der Waals surface area contributed by atoms with Gasteiger partial charge in [-0.3, -0.25) is 9.59 Å². The number of carbonyl (C=O) groups is 4. The number of carboxylic acid groups (broad SMARTS) is 2. The maximum atomic E-state index is 12.1. The van der Waals surface area contributed by atoms with Crippen LogP contribution in [0.1, 0.15) is 27.7 Å². The van der Waals surface area contributed by atoms with Crippen LogP contribution < -0.4 is 11.5 Å². The van der Waals surface area contributed by atoms with Gasteiger partial charge in [0.2, 0.25) is 11.6 Å². The van der Waals surface area contributed by atoms with Crippen molar-refractivity contribution in [3.05, 3.63) is 0 Å². The van der Waals surface area contributed by atoms with Gasteiger partial charge in [-0.1, -0.05) is 27.7 Å². The van der Waals surface area contributed by atoms with Gasteiger partial charge < -0.3 is 21.7 Å². The van der Waals surface area contributed by atoms with E-state index in [4.69, 9.17) is 21.7 Å². The minimum atomic E-state index is -2.51. The normalized spacial score (nSPS) is 17.4. The highest BCUT2D eigenvalue weighted by Gasteiger charge is 2.56. The van der Waals surface area contributed by atoms with E-state index in [2.05, 4.69) is 0 Å². The number of hydrogen-bond acceptors (Lipinski definition) is 6. The van der Waals surface area contributed by atoms with E-state index < -0.39 is 46.4 Å². The zero-order chi connectivity index (χ0) is 16.5. The van der Waals surface area contributed by atoms with Gasteiger partial charge in [0.05, 0.1) is 0 Å². The molecular weight excluding hydrogens is 268 g/mol. The molecule has 0 amide bonds. The third-order valence-electron chi connectivity index (χ3n) is 3.49. The fourth-order valence-electron chi connectivity index (χ4n) is 1.59. The number of ketones is 2. The molecule has 0 radical (unpaired) electrons. The predicted octanol–water partition coefficient (Wildman–Crippen LogP) is -0.999. The highest BCUT2D eigenvalue weighted by molar-refractivity contribution is 6.50. The Balaban J connectivity index is 5.88. The molecule has 0 spiro atoms. The molecule has 2 unspecified atom stereocenters. The first kappa shape index (κ1) is 18.2. The highest BCUT2D eigenvalue weighted by Crippen LogP contribution is 2.23. The molecule has 8 nitrogen and oxygen atoms in total. The fourth-order valence-corrected chi connectivity index (χ4v) is 1.59. The van der Waals surface area contributed by atoms with Crippen molar-refractivity contribution in [1.82, 2.24) is 0 Å². The van der Waals surface area contributed by atoms with E-state index in [1.165, 1.54) is 27.7 Å². The number of hydrogen-bond donors (Lipinski definition) is 4. The van der Waals surface area contributed by atoms with Crippen LogP contribution in [0.4, 0.5) is 0 Å². The van der Waals surface area contributed by atoms with Gasteiger partial charge in [-0.25, -0.2) is 9.59 Å². The van der Waals surface area contributed by atoms with E-state index in [1.54, 1.807) is 0 Å². The molecule has 0 aromatic carbocycles. The van der Waals surface area contributed by atoms with Crippen molar-refractivity contribution >= 4 is 23.5 Å². The second-order valence-corrected chi connectivity index (χ2v) is 5.32. The number of nitrogens with two attached hydrogens (primary N) is 2. The van der Waals surface area contributed by atoms with E-state index in [1.807, 2.05) is 0 Å². The lowest BCUT2D eigenvalue weighted by molar-refractivity contribution is -0.160. The van der Waals surface area contributed by atoms with Gasteiger partial charge in [0.25, 0.3) is 0 Å². The number of Topliss-reactive ketones (excluding diaryl/α,β-unsaturated/α-hetero) is 2. The van der Waals surface area contributed by atoms with E-state index in [-0.39, 0.29) is 0 Å². The molecule has 0 aliphatic carbocycles. The average molecular weight is 288 g/mol. The molecule has 2 atom stereocenters. The standard InChI is InChI=1S/C12H20N2O6/c1-5(2)11(13,9(17)18)7(15)8(16)12(14,6(3)4)10(19)20/h5-6H,13-14H2,1-4H3,(H,17,18)(H,19,20). The van der Waals surface area contributed by atoms with Crippen LogP contribution in [-0.4, -0.2) is 44.8 Å². The second-order valence-electron chi connectivity index (χ2n) is 5.32. The summed E-state index contributed by atoms with van der Waals surface area (Å²) in [5.74, 6) is -8.27. The number of carbonyl (C=O) groups excluding carboxylic acids is 2. The number of carboxylic acids is 2. The van der Waals surface area contributed by atoms with Crippen molar-refractivity contribution in [2.75, 3.05) is 0 Å². The van der Waals surface area contributed by atoms with Gasteiger partial charge in [-0.2, -0.15) is 0 Å². The average Bonchev–Trinajstić information content (AvgIpc) is 2.33. The first-order valence-corrected chi connectivity index (χ1v) is 5.98. The van der Waals surface area contributed by atoms with Crippen LogP contribution in [0.5, 0.6) is 0 Å². The van der Waals surface area contributed by atoms with Crippen LogP contribution in [0.15, 0.2) is 0 Å². The molecule has 0 aromatic rings. The van der Waals surface area contributed by atoms with E-state index in [9.17, 15) is 19.2 Å². The van der Waals surface area contributed by atoms with Crippen molar-refractivity contribution < 1.29 is 29.4 Å². The molecule has 0 rings (SSSR count). The van der Waals surface area contributed by atoms with Crippen LogP contribution in [0.2, 0.25) is 0 Å². The third-order valence-corrected chi connectivity index (χ3v) is 3.49. The maximum Gasteiger partial charge on any atom is 0.332 e. The van der Waals surface area contributed by atoms with Gasteiger partial charge in [0.15, 0.2) is 11.1 Å². The minimum absolute atomic E-state index is 0.915. The second kappa shape index (κ2) is 5.68. The molecule has 6 N–H and O–H groups in total. The largest absolute Gasteiger partial charge is 0.480 e. The van der Waals surface area contributed by atoms with Crippen molar-refractivity contribution in [2.45, 2.75) is 38.8 Å². The summed E-state index contributed by atoms with van der Waals surface area (Å²) in [6.07, 6.45) is 0. The van der Waals surface area contributed by atoms with E-state index >= 15 is 0 Å². The lowest BCUT2D eigenvalue weighted by Crippen LogP contribution is -2.69. The Morgan fingerprint density at radius 2 is 0.950 bits per heavy atom. The molecule has 0 aliphatic rings. The Labute approximate surface area is 116 Å². The van der Waals surface area contributed by atoms with Crippen LogP contribution >= 0.6 is 0 Å². The van der Waals surface area contributed by atoms with Gasteiger partial charge in [0, 0.05) is 0 Å². The number of rotatable bonds is 7. The Bertz CT molecular complexity index is 417. The maximum absolute atomic E-state index is 12.1.